The third-order valence-corrected chi connectivity index (χ3v) is 4.92. The molecule has 2 heteroatoms. The van der Waals surface area contributed by atoms with E-state index in [4.69, 9.17) is 9.47 Å². The van der Waals surface area contributed by atoms with Gasteiger partial charge in [0.1, 0.15) is 11.4 Å². The van der Waals surface area contributed by atoms with Crippen molar-refractivity contribution in [1.82, 2.24) is 0 Å². The molecular formula is C24H28O2. The van der Waals surface area contributed by atoms with Gasteiger partial charge in [0.15, 0.2) is 0 Å². The lowest BCUT2D eigenvalue weighted by Crippen LogP contribution is -2.32. The second-order valence-corrected chi connectivity index (χ2v) is 6.85. The van der Waals surface area contributed by atoms with Gasteiger partial charge in [-0.25, -0.2) is 0 Å². The minimum Gasteiger partial charge on any atom is -0.482 e. The predicted molar refractivity (Wildman–Crippen MR) is 108 cm³/mol. The van der Waals surface area contributed by atoms with E-state index in [0.717, 1.165) is 37.0 Å². The van der Waals surface area contributed by atoms with E-state index in [2.05, 4.69) is 73.7 Å². The van der Waals surface area contributed by atoms with Crippen LogP contribution in [0.1, 0.15) is 43.7 Å². The van der Waals surface area contributed by atoms with Gasteiger partial charge in [0.2, 0.25) is 0 Å². The normalized spacial score (nSPS) is 21.3. The third kappa shape index (κ3) is 4.25. The molecule has 0 N–H and O–H groups in total. The molecule has 0 spiro atoms. The summed E-state index contributed by atoms with van der Waals surface area (Å²) in [6.45, 7) is 2.85. The molecule has 0 aliphatic carbocycles. The molecule has 1 heterocycles. The summed E-state index contributed by atoms with van der Waals surface area (Å²) in [4.78, 5) is 0. The van der Waals surface area contributed by atoms with Crippen LogP contribution in [-0.2, 0) is 15.1 Å². The van der Waals surface area contributed by atoms with Crippen LogP contribution in [0.4, 0.5) is 0 Å². The minimum atomic E-state index is -0.323. The summed E-state index contributed by atoms with van der Waals surface area (Å²) in [7, 11) is 1.74. The van der Waals surface area contributed by atoms with E-state index >= 15 is 0 Å². The fourth-order valence-electron chi connectivity index (χ4n) is 3.54. The van der Waals surface area contributed by atoms with E-state index in [-0.39, 0.29) is 5.60 Å². The standard InChI is InChI=1S/C24H28O2/c1-3-4-16-24(22-13-9-6-10-14-22)19-20(15-17-25-2)18-23(26-24)21-11-7-5-8-12-21/h5-15,18H,3-4,16-17,19H2,1-2H3/b20-15+. The van der Waals surface area contributed by atoms with Crippen LogP contribution in [0.25, 0.3) is 5.76 Å². The van der Waals surface area contributed by atoms with E-state index in [0.29, 0.717) is 6.61 Å². The molecule has 1 aliphatic rings. The fourth-order valence-corrected chi connectivity index (χ4v) is 3.54. The van der Waals surface area contributed by atoms with Crippen molar-refractivity contribution in [3.8, 4) is 0 Å². The first-order valence-corrected chi connectivity index (χ1v) is 9.47. The Morgan fingerprint density at radius 1 is 1.04 bits per heavy atom. The average Bonchev–Trinajstić information content (AvgIpc) is 2.72. The topological polar surface area (TPSA) is 18.5 Å². The third-order valence-electron chi connectivity index (χ3n) is 4.92. The number of hydrogen-bond donors (Lipinski definition) is 0. The van der Waals surface area contributed by atoms with Crippen LogP contribution in [0, 0.1) is 0 Å². The summed E-state index contributed by atoms with van der Waals surface area (Å²) >= 11 is 0. The molecule has 2 aromatic rings. The number of allylic oxidation sites excluding steroid dienone is 1. The first-order valence-electron chi connectivity index (χ1n) is 9.47. The Hall–Kier alpha value is -2.32. The van der Waals surface area contributed by atoms with Gasteiger partial charge in [0.05, 0.1) is 6.61 Å². The van der Waals surface area contributed by atoms with E-state index < -0.39 is 0 Å². The molecule has 1 atom stereocenters. The Morgan fingerprint density at radius 2 is 1.73 bits per heavy atom. The Balaban J connectivity index is 2.05. The zero-order valence-electron chi connectivity index (χ0n) is 15.8. The fraction of sp³-hybridized carbons (Fsp3) is 0.333. The lowest BCUT2D eigenvalue weighted by atomic mass is 9.80. The van der Waals surface area contributed by atoms with Crippen LogP contribution in [0.5, 0.6) is 0 Å². The molecule has 2 nitrogen and oxygen atoms in total. The van der Waals surface area contributed by atoms with Crippen LogP contribution < -0.4 is 0 Å². The van der Waals surface area contributed by atoms with Crippen LogP contribution in [-0.4, -0.2) is 13.7 Å². The largest absolute Gasteiger partial charge is 0.482 e. The van der Waals surface area contributed by atoms with Crippen molar-refractivity contribution < 1.29 is 9.47 Å². The molecule has 0 saturated heterocycles. The molecular weight excluding hydrogens is 320 g/mol. The monoisotopic (exact) mass is 348 g/mol. The number of rotatable bonds is 7. The highest BCUT2D eigenvalue weighted by Gasteiger charge is 2.38. The smallest absolute Gasteiger partial charge is 0.138 e. The maximum Gasteiger partial charge on any atom is 0.138 e. The number of hydrogen-bond acceptors (Lipinski definition) is 2. The van der Waals surface area contributed by atoms with Gasteiger partial charge in [-0.15, -0.1) is 0 Å². The molecule has 26 heavy (non-hydrogen) atoms. The second-order valence-electron chi connectivity index (χ2n) is 6.85. The van der Waals surface area contributed by atoms with E-state index in [1.807, 2.05) is 6.07 Å². The first kappa shape index (κ1) is 18.5. The Morgan fingerprint density at radius 3 is 2.38 bits per heavy atom. The van der Waals surface area contributed by atoms with Crippen molar-refractivity contribution in [2.75, 3.05) is 13.7 Å². The molecule has 0 saturated carbocycles. The van der Waals surface area contributed by atoms with Crippen molar-refractivity contribution in [2.24, 2.45) is 0 Å². The van der Waals surface area contributed by atoms with Gasteiger partial charge < -0.3 is 9.47 Å². The van der Waals surface area contributed by atoms with Crippen LogP contribution in [0.2, 0.25) is 0 Å². The van der Waals surface area contributed by atoms with Crippen molar-refractivity contribution >= 4 is 5.76 Å². The van der Waals surface area contributed by atoms with E-state index in [1.54, 1.807) is 7.11 Å². The summed E-state index contributed by atoms with van der Waals surface area (Å²) in [6, 6.07) is 21.0. The predicted octanol–water partition coefficient (Wildman–Crippen LogP) is 6.11. The van der Waals surface area contributed by atoms with Crippen LogP contribution >= 0.6 is 0 Å². The zero-order valence-corrected chi connectivity index (χ0v) is 15.8. The molecule has 0 radical (unpaired) electrons. The minimum absolute atomic E-state index is 0.323. The van der Waals surface area contributed by atoms with Gasteiger partial charge in [0, 0.05) is 19.1 Å². The molecule has 0 amide bonds. The molecule has 3 rings (SSSR count). The summed E-state index contributed by atoms with van der Waals surface area (Å²) in [5.41, 5.74) is 3.32. The van der Waals surface area contributed by atoms with Gasteiger partial charge in [-0.1, -0.05) is 80.1 Å². The molecule has 0 fully saturated rings. The van der Waals surface area contributed by atoms with Crippen molar-refractivity contribution in [3.05, 3.63) is 89.5 Å². The van der Waals surface area contributed by atoms with E-state index in [9.17, 15) is 0 Å². The molecule has 2 aromatic carbocycles. The maximum absolute atomic E-state index is 6.74. The van der Waals surface area contributed by atoms with E-state index in [1.165, 1.54) is 11.1 Å². The van der Waals surface area contributed by atoms with Gasteiger partial charge in [0.25, 0.3) is 0 Å². The van der Waals surface area contributed by atoms with Crippen LogP contribution in [0.15, 0.2) is 78.4 Å². The second kappa shape index (κ2) is 8.86. The quantitative estimate of drug-likeness (QED) is 0.601. The van der Waals surface area contributed by atoms with Gasteiger partial charge in [-0.05, 0) is 30.1 Å². The highest BCUT2D eigenvalue weighted by atomic mass is 16.5. The Bertz CT molecular complexity index is 746. The number of unbranched alkanes of at least 4 members (excludes halogenated alkanes) is 1. The summed E-state index contributed by atoms with van der Waals surface area (Å²) in [6.07, 6.45) is 8.50. The summed E-state index contributed by atoms with van der Waals surface area (Å²) in [5, 5.41) is 0. The average molecular weight is 348 g/mol. The van der Waals surface area contributed by atoms with Gasteiger partial charge >= 0.3 is 0 Å². The van der Waals surface area contributed by atoms with Gasteiger partial charge in [-0.3, -0.25) is 0 Å². The first-order chi connectivity index (χ1) is 12.8. The SMILES string of the molecule is CCCCC1(c2ccccc2)C/C(=C/COC)C=C(c2ccccc2)O1. The molecule has 0 aromatic heterocycles. The zero-order chi connectivity index (χ0) is 18.2. The highest BCUT2D eigenvalue weighted by molar-refractivity contribution is 5.65. The van der Waals surface area contributed by atoms with Gasteiger partial charge in [-0.2, -0.15) is 0 Å². The molecule has 1 aliphatic heterocycles. The maximum atomic E-state index is 6.74. The molecule has 1 unspecified atom stereocenters. The summed E-state index contributed by atoms with van der Waals surface area (Å²) < 4.78 is 12.0. The molecule has 0 bridgehead atoms. The van der Waals surface area contributed by atoms with Crippen molar-refractivity contribution in [2.45, 2.75) is 38.2 Å². The van der Waals surface area contributed by atoms with Crippen LogP contribution in [0.3, 0.4) is 0 Å². The van der Waals surface area contributed by atoms with Crippen molar-refractivity contribution in [3.63, 3.8) is 0 Å². The summed E-state index contributed by atoms with van der Waals surface area (Å²) in [5.74, 6) is 0.944. The number of ether oxygens (including phenoxy) is 2. The lowest BCUT2D eigenvalue weighted by Gasteiger charge is -2.40. The van der Waals surface area contributed by atoms with Crippen molar-refractivity contribution in [1.29, 1.82) is 0 Å². The number of methoxy groups -OCH3 is 1. The lowest BCUT2D eigenvalue weighted by molar-refractivity contribution is 0.0190. The highest BCUT2D eigenvalue weighted by Crippen LogP contribution is 2.45. The Kier molecular flexibility index (Phi) is 6.30. The number of benzene rings is 2. The molecule has 136 valence electrons. The Labute approximate surface area is 157 Å².